The molecular formula is C28H31F3N4O4. The summed E-state index contributed by atoms with van der Waals surface area (Å²) in [6.07, 6.45) is -2.94. The zero-order valence-electron chi connectivity index (χ0n) is 21.4. The van der Waals surface area contributed by atoms with Gasteiger partial charge in [-0.15, -0.1) is 0 Å². The van der Waals surface area contributed by atoms with Crippen LogP contribution in [0.5, 0.6) is 0 Å². The maximum absolute atomic E-state index is 13.6. The molecule has 0 aliphatic carbocycles. The average molecular weight is 545 g/mol. The minimum absolute atomic E-state index is 0.202. The summed E-state index contributed by atoms with van der Waals surface area (Å²) in [6.45, 7) is 3.68. The molecule has 0 bridgehead atoms. The number of hydrogen-bond acceptors (Lipinski definition) is 5. The fraction of sp³-hybridized carbons (Fsp3) is 0.357. The van der Waals surface area contributed by atoms with E-state index in [9.17, 15) is 22.8 Å². The summed E-state index contributed by atoms with van der Waals surface area (Å²) in [6, 6.07) is 16.6. The van der Waals surface area contributed by atoms with E-state index in [0.717, 1.165) is 17.7 Å². The molecule has 1 N–H and O–H groups in total. The first-order valence-electron chi connectivity index (χ1n) is 12.7. The highest BCUT2D eigenvalue weighted by molar-refractivity contribution is 5.92. The number of furan rings is 1. The number of hydrogen-bond donors (Lipinski definition) is 1. The normalized spacial score (nSPS) is 14.1. The van der Waals surface area contributed by atoms with Crippen LogP contribution in [0.15, 0.2) is 77.4 Å². The number of urea groups is 1. The first-order valence-corrected chi connectivity index (χ1v) is 12.7. The largest absolute Gasteiger partial charge is 0.467 e. The number of alkyl halides is 3. The Kier molecular flexibility index (Phi) is 9.61. The summed E-state index contributed by atoms with van der Waals surface area (Å²) in [5.74, 6) is 0.313. The fourth-order valence-electron chi connectivity index (χ4n) is 4.17. The van der Waals surface area contributed by atoms with Crippen LogP contribution >= 0.6 is 0 Å². The Bertz CT molecular complexity index is 1180. The Morgan fingerprint density at radius 2 is 1.62 bits per heavy atom. The maximum atomic E-state index is 13.6. The van der Waals surface area contributed by atoms with Crippen molar-refractivity contribution in [3.63, 3.8) is 0 Å². The van der Waals surface area contributed by atoms with Crippen LogP contribution in [0.1, 0.15) is 16.9 Å². The van der Waals surface area contributed by atoms with Crippen molar-refractivity contribution in [2.45, 2.75) is 19.3 Å². The van der Waals surface area contributed by atoms with Crippen molar-refractivity contribution in [2.75, 3.05) is 51.3 Å². The lowest BCUT2D eigenvalue weighted by atomic mass is 10.2. The zero-order chi connectivity index (χ0) is 27.7. The number of carbonyl (C=O) groups is 2. The number of anilines is 1. The van der Waals surface area contributed by atoms with Crippen LogP contribution in [0.25, 0.3) is 0 Å². The molecule has 39 heavy (non-hydrogen) atoms. The average Bonchev–Trinajstić information content (AvgIpc) is 3.45. The second kappa shape index (κ2) is 13.3. The summed E-state index contributed by atoms with van der Waals surface area (Å²) in [7, 11) is 0. The Balaban J connectivity index is 1.48. The third kappa shape index (κ3) is 8.59. The molecule has 0 unspecified atom stereocenters. The van der Waals surface area contributed by atoms with E-state index >= 15 is 0 Å². The molecule has 0 atom stereocenters. The van der Waals surface area contributed by atoms with Gasteiger partial charge in [-0.3, -0.25) is 9.69 Å². The predicted octanol–water partition coefficient (Wildman–Crippen LogP) is 4.69. The number of benzene rings is 2. The molecule has 2 aromatic carbocycles. The van der Waals surface area contributed by atoms with Crippen LogP contribution in [-0.4, -0.2) is 72.6 Å². The van der Waals surface area contributed by atoms with Gasteiger partial charge >= 0.3 is 12.2 Å². The Labute approximate surface area is 224 Å². The first-order chi connectivity index (χ1) is 18.8. The number of nitrogens with zero attached hydrogens (tertiary/aromatic N) is 3. The first kappa shape index (κ1) is 28.2. The highest BCUT2D eigenvalue weighted by Crippen LogP contribution is 2.29. The van der Waals surface area contributed by atoms with Crippen LogP contribution < -0.4 is 5.32 Å². The van der Waals surface area contributed by atoms with Crippen molar-refractivity contribution in [1.82, 2.24) is 14.7 Å². The molecule has 0 spiro atoms. The Hall–Kier alpha value is -3.83. The molecule has 1 aliphatic rings. The third-order valence-corrected chi connectivity index (χ3v) is 6.36. The van der Waals surface area contributed by atoms with Crippen molar-refractivity contribution in [2.24, 2.45) is 0 Å². The summed E-state index contributed by atoms with van der Waals surface area (Å²) < 4.78 is 49.7. The van der Waals surface area contributed by atoms with Crippen molar-refractivity contribution in [3.05, 3.63) is 89.9 Å². The molecule has 1 fully saturated rings. The molecule has 2 heterocycles. The van der Waals surface area contributed by atoms with Crippen molar-refractivity contribution < 1.29 is 31.9 Å². The van der Waals surface area contributed by atoms with E-state index in [0.29, 0.717) is 45.2 Å². The summed E-state index contributed by atoms with van der Waals surface area (Å²) >= 11 is 0. The van der Waals surface area contributed by atoms with E-state index in [-0.39, 0.29) is 31.2 Å². The Morgan fingerprint density at radius 3 is 2.26 bits per heavy atom. The van der Waals surface area contributed by atoms with Gasteiger partial charge in [0, 0.05) is 38.4 Å². The SMILES string of the molecule is O=C(CN(CCN1CCOCC1)C(=O)Nc1ccc(C(F)(F)F)cc1)N(Cc1ccccc1)Cc1ccco1. The van der Waals surface area contributed by atoms with Gasteiger partial charge in [0.2, 0.25) is 5.91 Å². The quantitative estimate of drug-likeness (QED) is 0.401. The van der Waals surface area contributed by atoms with Crippen LogP contribution in [0.3, 0.4) is 0 Å². The van der Waals surface area contributed by atoms with Gasteiger partial charge in [0.1, 0.15) is 12.3 Å². The van der Waals surface area contributed by atoms with E-state index in [1.165, 1.54) is 23.3 Å². The molecular weight excluding hydrogens is 513 g/mol. The molecule has 3 aromatic rings. The molecule has 11 heteroatoms. The van der Waals surface area contributed by atoms with E-state index < -0.39 is 17.8 Å². The van der Waals surface area contributed by atoms with Crippen LogP contribution in [-0.2, 0) is 28.8 Å². The third-order valence-electron chi connectivity index (χ3n) is 6.36. The molecule has 1 saturated heterocycles. The van der Waals surface area contributed by atoms with E-state index in [2.05, 4.69) is 10.2 Å². The minimum atomic E-state index is -4.48. The second-order valence-electron chi connectivity index (χ2n) is 9.20. The maximum Gasteiger partial charge on any atom is 0.416 e. The highest BCUT2D eigenvalue weighted by atomic mass is 19.4. The smallest absolute Gasteiger partial charge is 0.416 e. The van der Waals surface area contributed by atoms with Gasteiger partial charge < -0.3 is 24.3 Å². The predicted molar refractivity (Wildman–Crippen MR) is 139 cm³/mol. The number of amides is 3. The van der Waals surface area contributed by atoms with Gasteiger partial charge in [-0.05, 0) is 42.0 Å². The number of morpholine rings is 1. The van der Waals surface area contributed by atoms with Gasteiger partial charge in [0.15, 0.2) is 0 Å². The lowest BCUT2D eigenvalue weighted by Crippen LogP contribution is -2.48. The van der Waals surface area contributed by atoms with Gasteiger partial charge in [-0.1, -0.05) is 30.3 Å². The highest BCUT2D eigenvalue weighted by Gasteiger charge is 2.30. The van der Waals surface area contributed by atoms with E-state index in [1.807, 2.05) is 30.3 Å². The van der Waals surface area contributed by atoms with Crippen LogP contribution in [0, 0.1) is 0 Å². The summed E-state index contributed by atoms with van der Waals surface area (Å²) in [5, 5.41) is 2.64. The van der Waals surface area contributed by atoms with Crippen LogP contribution in [0.4, 0.5) is 23.7 Å². The van der Waals surface area contributed by atoms with Gasteiger partial charge in [0.05, 0.1) is 31.6 Å². The zero-order valence-corrected chi connectivity index (χ0v) is 21.4. The summed E-state index contributed by atoms with van der Waals surface area (Å²) in [4.78, 5) is 31.9. The number of nitrogens with one attached hydrogen (secondary N) is 1. The van der Waals surface area contributed by atoms with Crippen molar-refractivity contribution in [1.29, 1.82) is 0 Å². The van der Waals surface area contributed by atoms with Gasteiger partial charge in [0.25, 0.3) is 0 Å². The van der Waals surface area contributed by atoms with Crippen molar-refractivity contribution >= 4 is 17.6 Å². The standard InChI is InChI=1S/C28H31F3N4O4/c29-28(30,31)23-8-10-24(11-9-23)32-27(37)34(13-12-33-14-17-38-18-15-33)21-26(36)35(20-25-7-4-16-39-25)19-22-5-2-1-3-6-22/h1-11,16H,12-15,17-21H2,(H,32,37). The molecule has 0 radical (unpaired) electrons. The molecule has 1 aromatic heterocycles. The number of carbonyl (C=O) groups excluding carboxylic acids is 2. The fourth-order valence-corrected chi connectivity index (χ4v) is 4.17. The van der Waals surface area contributed by atoms with Gasteiger partial charge in [-0.25, -0.2) is 4.79 Å². The molecule has 208 valence electrons. The van der Waals surface area contributed by atoms with E-state index in [1.54, 1.807) is 17.0 Å². The Morgan fingerprint density at radius 1 is 0.897 bits per heavy atom. The molecule has 1 aliphatic heterocycles. The molecule has 3 amide bonds. The molecule has 8 nitrogen and oxygen atoms in total. The number of rotatable bonds is 10. The van der Waals surface area contributed by atoms with Crippen molar-refractivity contribution in [3.8, 4) is 0 Å². The monoisotopic (exact) mass is 544 g/mol. The van der Waals surface area contributed by atoms with Gasteiger partial charge in [-0.2, -0.15) is 13.2 Å². The molecule has 4 rings (SSSR count). The minimum Gasteiger partial charge on any atom is -0.467 e. The van der Waals surface area contributed by atoms with Crippen LogP contribution in [0.2, 0.25) is 0 Å². The van der Waals surface area contributed by atoms with E-state index in [4.69, 9.17) is 9.15 Å². The number of halogens is 3. The summed E-state index contributed by atoms with van der Waals surface area (Å²) in [5.41, 5.74) is 0.314. The topological polar surface area (TPSA) is 78.3 Å². The number of ether oxygens (including phenoxy) is 1. The lowest BCUT2D eigenvalue weighted by molar-refractivity contribution is -0.137. The lowest BCUT2D eigenvalue weighted by Gasteiger charge is -2.31. The molecule has 0 saturated carbocycles. The second-order valence-corrected chi connectivity index (χ2v) is 9.20.